The third kappa shape index (κ3) is 5.90. The molecule has 0 aromatic carbocycles. The Bertz CT molecular complexity index is 575. The molecule has 1 rings (SSSR count). The molecule has 0 aromatic rings. The molecule has 2 amide bonds. The first kappa shape index (κ1) is 19.5. The minimum absolute atomic E-state index is 0.00646. The first-order valence-electron chi connectivity index (χ1n) is 7.33. The highest BCUT2D eigenvalue weighted by atomic mass is 16.6. The van der Waals surface area contributed by atoms with E-state index in [2.05, 4.69) is 10.1 Å². The van der Waals surface area contributed by atoms with Gasteiger partial charge in [0.25, 0.3) is 0 Å². The predicted octanol–water partition coefficient (Wildman–Crippen LogP) is 0.645. The number of nitrogens with one attached hydrogen (secondary N) is 1. The summed E-state index contributed by atoms with van der Waals surface area (Å²) in [5, 5.41) is 11.6. The molecule has 0 unspecified atom stereocenters. The lowest BCUT2D eigenvalue weighted by Crippen LogP contribution is -2.45. The maximum atomic E-state index is 12.1. The maximum Gasteiger partial charge on any atom is 0.410 e. The van der Waals surface area contributed by atoms with Gasteiger partial charge in [0.1, 0.15) is 12.0 Å². The van der Waals surface area contributed by atoms with E-state index in [4.69, 9.17) is 4.74 Å². The van der Waals surface area contributed by atoms with Crippen LogP contribution in [-0.2, 0) is 23.9 Å². The minimum Gasteiger partial charge on any atom is -0.478 e. The van der Waals surface area contributed by atoms with Crippen molar-refractivity contribution in [2.45, 2.75) is 39.2 Å². The van der Waals surface area contributed by atoms with Gasteiger partial charge in [-0.25, -0.2) is 9.59 Å². The van der Waals surface area contributed by atoms with Crippen LogP contribution in [0.15, 0.2) is 11.3 Å². The summed E-state index contributed by atoms with van der Waals surface area (Å²) in [6, 6.07) is 0. The molecule has 0 saturated heterocycles. The zero-order valence-electron chi connectivity index (χ0n) is 14.2. The second-order valence-electron chi connectivity index (χ2n) is 6.22. The highest BCUT2D eigenvalue weighted by molar-refractivity contribution is 5.96. The van der Waals surface area contributed by atoms with Crippen molar-refractivity contribution in [1.82, 2.24) is 10.2 Å². The maximum absolute atomic E-state index is 12.1. The first-order chi connectivity index (χ1) is 11.0. The van der Waals surface area contributed by atoms with E-state index in [-0.39, 0.29) is 30.8 Å². The Labute approximate surface area is 139 Å². The molecule has 1 aliphatic heterocycles. The molecule has 0 atom stereocenters. The number of rotatable bonds is 4. The summed E-state index contributed by atoms with van der Waals surface area (Å²) < 4.78 is 9.62. The molecule has 9 nitrogen and oxygen atoms in total. The van der Waals surface area contributed by atoms with Crippen LogP contribution in [0, 0.1) is 0 Å². The number of carbonyl (C=O) groups is 4. The van der Waals surface area contributed by atoms with Gasteiger partial charge in [-0.15, -0.1) is 0 Å². The van der Waals surface area contributed by atoms with Gasteiger partial charge in [0.05, 0.1) is 19.2 Å². The van der Waals surface area contributed by atoms with Crippen LogP contribution in [0.5, 0.6) is 0 Å². The molecule has 9 heteroatoms. The zero-order valence-corrected chi connectivity index (χ0v) is 14.2. The van der Waals surface area contributed by atoms with Crippen LogP contribution >= 0.6 is 0 Å². The van der Waals surface area contributed by atoms with E-state index in [0.29, 0.717) is 0 Å². The van der Waals surface area contributed by atoms with Crippen molar-refractivity contribution >= 4 is 23.9 Å². The van der Waals surface area contributed by atoms with Crippen molar-refractivity contribution in [2.24, 2.45) is 0 Å². The molecular formula is C15H22N2O7. The van der Waals surface area contributed by atoms with Crippen LogP contribution in [0.25, 0.3) is 0 Å². The van der Waals surface area contributed by atoms with Gasteiger partial charge in [0.15, 0.2) is 0 Å². The van der Waals surface area contributed by atoms with Crippen LogP contribution in [0.2, 0.25) is 0 Å². The van der Waals surface area contributed by atoms with E-state index in [1.807, 2.05) is 0 Å². The van der Waals surface area contributed by atoms with Gasteiger partial charge in [0, 0.05) is 12.2 Å². The Kier molecular flexibility index (Phi) is 6.33. The summed E-state index contributed by atoms with van der Waals surface area (Å²) in [6.07, 6.45) is -1.09. The molecule has 24 heavy (non-hydrogen) atoms. The molecule has 0 aliphatic carbocycles. The number of esters is 1. The number of hydrogen-bond donors (Lipinski definition) is 2. The lowest BCUT2D eigenvalue weighted by molar-refractivity contribution is -0.143. The third-order valence-corrected chi connectivity index (χ3v) is 3.08. The molecule has 0 aromatic heterocycles. The van der Waals surface area contributed by atoms with E-state index in [1.54, 1.807) is 20.8 Å². The normalized spacial score (nSPS) is 14.9. The second-order valence-corrected chi connectivity index (χ2v) is 6.22. The Morgan fingerprint density at radius 2 is 1.88 bits per heavy atom. The Morgan fingerprint density at radius 3 is 2.38 bits per heavy atom. The van der Waals surface area contributed by atoms with Crippen LogP contribution in [0.3, 0.4) is 0 Å². The lowest BCUT2D eigenvalue weighted by Gasteiger charge is -2.31. The molecule has 0 saturated carbocycles. The van der Waals surface area contributed by atoms with Crippen molar-refractivity contribution in [3.05, 3.63) is 11.3 Å². The Hall–Kier alpha value is -2.58. The molecule has 0 radical (unpaired) electrons. The number of carboxylic acid groups (broad SMARTS) is 1. The molecule has 2 N–H and O–H groups in total. The molecule has 0 bridgehead atoms. The third-order valence-electron chi connectivity index (χ3n) is 3.08. The van der Waals surface area contributed by atoms with Crippen LogP contribution in [0.4, 0.5) is 4.79 Å². The number of carbonyl (C=O) groups excluding carboxylic acids is 3. The standard InChI is InChI=1S/C15H22N2O7/c1-15(2,3)24-14(22)17-6-5-9(13(20)21)10(8-17)16-11(18)7-12(19)23-4/h5-8H2,1-4H3,(H,16,18)(H,20,21). The average Bonchev–Trinajstić information content (AvgIpc) is 2.44. The number of hydrogen-bond acceptors (Lipinski definition) is 6. The van der Waals surface area contributed by atoms with E-state index in [1.165, 1.54) is 4.90 Å². The number of nitrogens with zero attached hydrogens (tertiary/aromatic N) is 1. The monoisotopic (exact) mass is 342 g/mol. The number of ether oxygens (including phenoxy) is 2. The van der Waals surface area contributed by atoms with Crippen LogP contribution in [0.1, 0.15) is 33.6 Å². The number of carboxylic acids is 1. The van der Waals surface area contributed by atoms with Crippen molar-refractivity contribution in [3.63, 3.8) is 0 Å². The molecule has 1 aliphatic rings. The Balaban J connectivity index is 2.87. The first-order valence-corrected chi connectivity index (χ1v) is 7.33. The van der Waals surface area contributed by atoms with Crippen molar-refractivity contribution in [1.29, 1.82) is 0 Å². The van der Waals surface area contributed by atoms with Gasteiger partial charge in [0.2, 0.25) is 5.91 Å². The summed E-state index contributed by atoms with van der Waals surface area (Å²) in [5.74, 6) is -2.64. The van der Waals surface area contributed by atoms with Crippen molar-refractivity contribution in [2.75, 3.05) is 20.2 Å². The van der Waals surface area contributed by atoms with Gasteiger partial charge in [-0.3, -0.25) is 9.59 Å². The SMILES string of the molecule is COC(=O)CC(=O)NC1=C(C(=O)O)CCN(C(=O)OC(C)(C)C)C1. The topological polar surface area (TPSA) is 122 Å². The number of amides is 2. The summed E-state index contributed by atoms with van der Waals surface area (Å²) in [4.78, 5) is 47.6. The van der Waals surface area contributed by atoms with E-state index < -0.39 is 36.0 Å². The van der Waals surface area contributed by atoms with E-state index in [9.17, 15) is 24.3 Å². The van der Waals surface area contributed by atoms with Crippen molar-refractivity contribution in [3.8, 4) is 0 Å². The minimum atomic E-state index is -1.19. The highest BCUT2D eigenvalue weighted by Crippen LogP contribution is 2.19. The summed E-state index contributed by atoms with van der Waals surface area (Å²) >= 11 is 0. The van der Waals surface area contributed by atoms with Gasteiger partial charge < -0.3 is 24.8 Å². The predicted molar refractivity (Wildman–Crippen MR) is 81.9 cm³/mol. The van der Waals surface area contributed by atoms with E-state index >= 15 is 0 Å². The quantitative estimate of drug-likeness (QED) is 0.568. The van der Waals surface area contributed by atoms with Gasteiger partial charge >= 0.3 is 18.0 Å². The fraction of sp³-hybridized carbons (Fsp3) is 0.600. The Morgan fingerprint density at radius 1 is 1.25 bits per heavy atom. The number of aliphatic carboxylic acids is 1. The van der Waals surface area contributed by atoms with Gasteiger partial charge in [-0.2, -0.15) is 0 Å². The number of methoxy groups -OCH3 is 1. The van der Waals surface area contributed by atoms with Crippen LogP contribution < -0.4 is 5.32 Å². The fourth-order valence-electron chi connectivity index (χ4n) is 2.01. The van der Waals surface area contributed by atoms with Crippen LogP contribution in [-0.4, -0.2) is 59.7 Å². The molecule has 0 spiro atoms. The van der Waals surface area contributed by atoms with Crippen molar-refractivity contribution < 1.29 is 33.8 Å². The van der Waals surface area contributed by atoms with E-state index in [0.717, 1.165) is 7.11 Å². The average molecular weight is 342 g/mol. The highest BCUT2D eigenvalue weighted by Gasteiger charge is 2.30. The zero-order chi connectivity index (χ0) is 18.5. The molecule has 0 fully saturated rings. The summed E-state index contributed by atoms with van der Waals surface area (Å²) in [7, 11) is 1.14. The molecular weight excluding hydrogens is 320 g/mol. The summed E-state index contributed by atoms with van der Waals surface area (Å²) in [5.41, 5.74) is -0.635. The lowest BCUT2D eigenvalue weighted by atomic mass is 10.1. The second kappa shape index (κ2) is 7.80. The van der Waals surface area contributed by atoms with Gasteiger partial charge in [-0.05, 0) is 27.2 Å². The van der Waals surface area contributed by atoms with Gasteiger partial charge in [-0.1, -0.05) is 0 Å². The molecule has 134 valence electrons. The summed E-state index contributed by atoms with van der Waals surface area (Å²) in [6.45, 7) is 5.18. The fourth-order valence-corrected chi connectivity index (χ4v) is 2.01. The molecule has 1 heterocycles. The smallest absolute Gasteiger partial charge is 0.410 e. The largest absolute Gasteiger partial charge is 0.478 e.